The molecule has 0 aliphatic rings. The number of carbonyl (C=O) groups excluding carboxylic acids is 2. The van der Waals surface area contributed by atoms with Crippen LogP contribution in [-0.4, -0.2) is 51.4 Å². The van der Waals surface area contributed by atoms with Gasteiger partial charge >= 0.3 is 0 Å². The number of nitrogens with zero attached hydrogens (tertiary/aromatic N) is 2. The number of sulfonamides is 1. The molecular weight excluding hydrogens is 629 g/mol. The van der Waals surface area contributed by atoms with E-state index in [1.165, 1.54) is 48.4 Å². The highest BCUT2D eigenvalue weighted by atomic mass is 35.5. The maximum atomic E-state index is 14.4. The second-order valence-corrected chi connectivity index (χ2v) is 13.5. The van der Waals surface area contributed by atoms with Gasteiger partial charge < -0.3 is 15.0 Å². The lowest BCUT2D eigenvalue weighted by Crippen LogP contribution is -2.53. The third kappa shape index (κ3) is 9.08. The van der Waals surface area contributed by atoms with E-state index in [9.17, 15) is 22.4 Å². The molecule has 242 valence electrons. The van der Waals surface area contributed by atoms with E-state index in [1.807, 2.05) is 44.2 Å². The maximum absolute atomic E-state index is 14.4. The summed E-state index contributed by atoms with van der Waals surface area (Å²) < 4.78 is 48.2. The number of halogens is 2. The van der Waals surface area contributed by atoms with E-state index in [2.05, 4.69) is 5.32 Å². The van der Waals surface area contributed by atoms with Gasteiger partial charge in [-0.05, 0) is 77.7 Å². The van der Waals surface area contributed by atoms with E-state index in [0.29, 0.717) is 22.9 Å². The normalized spacial score (nSPS) is 12.0. The molecule has 8 nitrogen and oxygen atoms in total. The summed E-state index contributed by atoms with van der Waals surface area (Å²) in [6, 6.07) is 25.8. The molecule has 4 rings (SSSR count). The Labute approximate surface area is 274 Å². The van der Waals surface area contributed by atoms with Gasteiger partial charge in [-0.25, -0.2) is 12.8 Å². The van der Waals surface area contributed by atoms with E-state index in [4.69, 9.17) is 16.3 Å². The SMILES string of the molecule is COc1ccc(S(=O)(=O)N(CC(=O)N(Cc2ccc(Cl)cc2)[C@H](Cc2ccccc2)C(=O)NCC(C)C)c2ccc(F)cc2)cc1. The maximum Gasteiger partial charge on any atom is 0.264 e. The predicted octanol–water partition coefficient (Wildman–Crippen LogP) is 6.10. The molecule has 0 heterocycles. The van der Waals surface area contributed by atoms with Gasteiger partial charge in [-0.2, -0.15) is 0 Å². The van der Waals surface area contributed by atoms with Crippen molar-refractivity contribution in [3.05, 3.63) is 125 Å². The highest BCUT2D eigenvalue weighted by molar-refractivity contribution is 7.92. The van der Waals surface area contributed by atoms with Crippen molar-refractivity contribution in [2.24, 2.45) is 5.92 Å². The average Bonchev–Trinajstić information content (AvgIpc) is 3.05. The molecule has 0 saturated heterocycles. The van der Waals surface area contributed by atoms with Crippen LogP contribution in [0.1, 0.15) is 25.0 Å². The monoisotopic (exact) mass is 665 g/mol. The van der Waals surface area contributed by atoms with E-state index in [0.717, 1.165) is 22.0 Å². The summed E-state index contributed by atoms with van der Waals surface area (Å²) in [5.41, 5.74) is 1.60. The lowest BCUT2D eigenvalue weighted by molar-refractivity contribution is -0.140. The van der Waals surface area contributed by atoms with Crippen molar-refractivity contribution in [2.45, 2.75) is 37.8 Å². The number of hydrogen-bond acceptors (Lipinski definition) is 5. The number of hydrogen-bond donors (Lipinski definition) is 1. The van der Waals surface area contributed by atoms with Crippen LogP contribution in [0.3, 0.4) is 0 Å². The molecule has 4 aromatic carbocycles. The Bertz CT molecular complexity index is 1700. The van der Waals surface area contributed by atoms with E-state index >= 15 is 0 Å². The quantitative estimate of drug-likeness (QED) is 0.176. The number of nitrogens with one attached hydrogen (secondary N) is 1. The van der Waals surface area contributed by atoms with Crippen LogP contribution in [0.15, 0.2) is 108 Å². The summed E-state index contributed by atoms with van der Waals surface area (Å²) in [7, 11) is -2.87. The van der Waals surface area contributed by atoms with Crippen LogP contribution in [0.2, 0.25) is 5.02 Å². The third-order valence-electron chi connectivity index (χ3n) is 7.26. The van der Waals surface area contributed by atoms with Crippen LogP contribution in [0, 0.1) is 11.7 Å². The number of rotatable bonds is 14. The topological polar surface area (TPSA) is 96.0 Å². The van der Waals surface area contributed by atoms with Crippen molar-refractivity contribution < 1.29 is 27.1 Å². The van der Waals surface area contributed by atoms with Crippen LogP contribution < -0.4 is 14.4 Å². The van der Waals surface area contributed by atoms with Gasteiger partial charge in [0.05, 0.1) is 17.7 Å². The Morgan fingerprint density at radius 3 is 2.09 bits per heavy atom. The van der Waals surface area contributed by atoms with Crippen LogP contribution in [0.4, 0.5) is 10.1 Å². The Kier molecular flexibility index (Phi) is 11.8. The number of ether oxygens (including phenoxy) is 1. The molecule has 0 radical (unpaired) electrons. The van der Waals surface area contributed by atoms with Gasteiger partial charge in [0.1, 0.15) is 24.2 Å². The molecule has 0 aliphatic heterocycles. The molecule has 0 bridgehead atoms. The summed E-state index contributed by atoms with van der Waals surface area (Å²) in [6.45, 7) is 3.67. The minimum Gasteiger partial charge on any atom is -0.497 e. The van der Waals surface area contributed by atoms with E-state index in [-0.39, 0.29) is 35.4 Å². The van der Waals surface area contributed by atoms with Gasteiger partial charge in [-0.15, -0.1) is 0 Å². The summed E-state index contributed by atoms with van der Waals surface area (Å²) in [5.74, 6) is -0.951. The second-order valence-electron chi connectivity index (χ2n) is 11.2. The summed E-state index contributed by atoms with van der Waals surface area (Å²) in [5, 5.41) is 3.46. The van der Waals surface area contributed by atoms with Gasteiger partial charge in [-0.1, -0.05) is 67.9 Å². The molecule has 46 heavy (non-hydrogen) atoms. The summed E-state index contributed by atoms with van der Waals surface area (Å²) in [4.78, 5) is 29.5. The molecule has 4 aromatic rings. The number of benzene rings is 4. The number of anilines is 1. The van der Waals surface area contributed by atoms with Crippen LogP contribution in [-0.2, 0) is 32.6 Å². The fourth-order valence-electron chi connectivity index (χ4n) is 4.77. The molecule has 2 amide bonds. The Hall–Kier alpha value is -4.41. The molecule has 0 fully saturated rings. The predicted molar refractivity (Wildman–Crippen MR) is 178 cm³/mol. The fraction of sp³-hybridized carbons (Fsp3) is 0.257. The highest BCUT2D eigenvalue weighted by Crippen LogP contribution is 2.27. The lowest BCUT2D eigenvalue weighted by atomic mass is 10.0. The van der Waals surface area contributed by atoms with Crippen molar-refractivity contribution in [1.29, 1.82) is 0 Å². The van der Waals surface area contributed by atoms with Crippen molar-refractivity contribution >= 4 is 39.1 Å². The second kappa shape index (κ2) is 15.7. The summed E-state index contributed by atoms with van der Waals surface area (Å²) in [6.07, 6.45) is 0.186. The molecule has 0 saturated carbocycles. The first-order valence-electron chi connectivity index (χ1n) is 14.8. The zero-order valence-corrected chi connectivity index (χ0v) is 27.5. The highest BCUT2D eigenvalue weighted by Gasteiger charge is 2.34. The van der Waals surface area contributed by atoms with E-state index < -0.39 is 34.3 Å². The minimum atomic E-state index is -4.34. The zero-order valence-electron chi connectivity index (χ0n) is 25.9. The van der Waals surface area contributed by atoms with Gasteiger partial charge in [0.15, 0.2) is 0 Å². The molecule has 0 unspecified atom stereocenters. The third-order valence-corrected chi connectivity index (χ3v) is 9.30. The zero-order chi connectivity index (χ0) is 33.3. The smallest absolute Gasteiger partial charge is 0.264 e. The summed E-state index contributed by atoms with van der Waals surface area (Å²) >= 11 is 6.12. The average molecular weight is 666 g/mol. The number of methoxy groups -OCH3 is 1. The van der Waals surface area contributed by atoms with Crippen molar-refractivity contribution in [2.75, 3.05) is 24.5 Å². The minimum absolute atomic E-state index is 0.00242. The lowest BCUT2D eigenvalue weighted by Gasteiger charge is -2.34. The van der Waals surface area contributed by atoms with Gasteiger partial charge in [0.25, 0.3) is 10.0 Å². The number of amides is 2. The largest absolute Gasteiger partial charge is 0.497 e. The van der Waals surface area contributed by atoms with E-state index in [1.54, 1.807) is 24.3 Å². The Morgan fingerprint density at radius 1 is 0.870 bits per heavy atom. The van der Waals surface area contributed by atoms with Gasteiger partial charge in [-0.3, -0.25) is 13.9 Å². The van der Waals surface area contributed by atoms with Crippen molar-refractivity contribution in [3.8, 4) is 5.75 Å². The Balaban J connectivity index is 1.79. The molecule has 1 N–H and O–H groups in total. The number of carbonyl (C=O) groups is 2. The van der Waals surface area contributed by atoms with Crippen LogP contribution >= 0.6 is 11.6 Å². The van der Waals surface area contributed by atoms with Crippen molar-refractivity contribution in [1.82, 2.24) is 10.2 Å². The first kappa shape index (κ1) is 34.5. The molecule has 11 heteroatoms. The van der Waals surface area contributed by atoms with Crippen LogP contribution in [0.25, 0.3) is 0 Å². The van der Waals surface area contributed by atoms with Gasteiger partial charge in [0, 0.05) is 24.5 Å². The molecule has 0 spiro atoms. The van der Waals surface area contributed by atoms with Crippen LogP contribution in [0.5, 0.6) is 5.75 Å². The molecule has 1 atom stereocenters. The fourth-order valence-corrected chi connectivity index (χ4v) is 6.31. The Morgan fingerprint density at radius 2 is 1.50 bits per heavy atom. The standard InChI is InChI=1S/C35H37ClFN3O5S/c1-25(2)22-38-35(42)33(21-26-7-5-4-6-8-26)39(23-27-9-11-28(36)12-10-27)34(41)24-40(30-15-13-29(37)14-16-30)46(43,44)32-19-17-31(45-3)18-20-32/h4-20,25,33H,21-24H2,1-3H3,(H,38,42)/t33-/m1/s1. The first-order chi connectivity index (χ1) is 22.0. The van der Waals surface area contributed by atoms with Crippen molar-refractivity contribution in [3.63, 3.8) is 0 Å². The first-order valence-corrected chi connectivity index (χ1v) is 16.6. The van der Waals surface area contributed by atoms with Gasteiger partial charge in [0.2, 0.25) is 11.8 Å². The molecule has 0 aromatic heterocycles. The molecule has 0 aliphatic carbocycles. The molecular formula is C35H37ClFN3O5S.